The van der Waals surface area contributed by atoms with Crippen LogP contribution in [0.15, 0.2) is 0 Å². The SMILES string of the molecule is CCOC(=O)C(N)C(=O)N1CCC(OCC(=O)O)CC1. The first-order valence-corrected chi connectivity index (χ1v) is 6.50. The standard InChI is InChI=1S/C12H20N2O6/c1-2-19-12(18)10(13)11(17)14-5-3-8(4-6-14)20-7-9(15)16/h8,10H,2-7,13H2,1H3,(H,15,16). The van der Waals surface area contributed by atoms with E-state index in [4.69, 9.17) is 20.3 Å². The van der Waals surface area contributed by atoms with E-state index in [9.17, 15) is 14.4 Å². The molecule has 1 atom stereocenters. The second kappa shape index (κ2) is 7.81. The third-order valence-electron chi connectivity index (χ3n) is 3.00. The summed E-state index contributed by atoms with van der Waals surface area (Å²) < 4.78 is 9.86. The first-order valence-electron chi connectivity index (χ1n) is 6.50. The van der Waals surface area contributed by atoms with Crippen molar-refractivity contribution in [2.45, 2.75) is 31.9 Å². The molecule has 1 unspecified atom stereocenters. The maximum Gasteiger partial charge on any atom is 0.332 e. The molecule has 1 rings (SSSR count). The first kappa shape index (κ1) is 16.4. The fourth-order valence-corrected chi connectivity index (χ4v) is 1.96. The van der Waals surface area contributed by atoms with Crippen molar-refractivity contribution >= 4 is 17.8 Å². The van der Waals surface area contributed by atoms with Crippen LogP contribution < -0.4 is 5.73 Å². The van der Waals surface area contributed by atoms with E-state index in [1.54, 1.807) is 6.92 Å². The molecule has 0 bridgehead atoms. The third kappa shape index (κ3) is 4.78. The molecule has 8 nitrogen and oxygen atoms in total. The number of carboxylic acids is 1. The second-order valence-corrected chi connectivity index (χ2v) is 4.46. The van der Waals surface area contributed by atoms with Gasteiger partial charge < -0.3 is 25.2 Å². The van der Waals surface area contributed by atoms with Crippen LogP contribution in [0.2, 0.25) is 0 Å². The molecule has 20 heavy (non-hydrogen) atoms. The molecule has 3 N–H and O–H groups in total. The molecule has 0 spiro atoms. The number of esters is 1. The van der Waals surface area contributed by atoms with Crippen molar-refractivity contribution in [3.8, 4) is 0 Å². The number of carbonyl (C=O) groups excluding carboxylic acids is 2. The molecule has 0 aromatic heterocycles. The van der Waals surface area contributed by atoms with Crippen molar-refractivity contribution in [1.29, 1.82) is 0 Å². The van der Waals surface area contributed by atoms with Crippen LogP contribution in [0.1, 0.15) is 19.8 Å². The summed E-state index contributed by atoms with van der Waals surface area (Å²) in [4.78, 5) is 35.2. The number of amides is 1. The van der Waals surface area contributed by atoms with E-state index < -0.39 is 23.9 Å². The summed E-state index contributed by atoms with van der Waals surface area (Å²) in [6, 6.07) is -1.30. The minimum absolute atomic E-state index is 0.172. The van der Waals surface area contributed by atoms with E-state index in [-0.39, 0.29) is 19.3 Å². The highest BCUT2D eigenvalue weighted by Gasteiger charge is 2.31. The summed E-state index contributed by atoms with van der Waals surface area (Å²) in [5.41, 5.74) is 5.54. The molecule has 1 fully saturated rings. The number of likely N-dealkylation sites (tertiary alicyclic amines) is 1. The van der Waals surface area contributed by atoms with Crippen LogP contribution >= 0.6 is 0 Å². The van der Waals surface area contributed by atoms with E-state index in [0.29, 0.717) is 25.9 Å². The summed E-state index contributed by atoms with van der Waals surface area (Å²) >= 11 is 0. The van der Waals surface area contributed by atoms with Crippen LogP contribution in [-0.4, -0.2) is 66.3 Å². The third-order valence-corrected chi connectivity index (χ3v) is 3.00. The van der Waals surface area contributed by atoms with Gasteiger partial charge in [0.1, 0.15) is 6.61 Å². The topological polar surface area (TPSA) is 119 Å². The average Bonchev–Trinajstić information content (AvgIpc) is 2.44. The highest BCUT2D eigenvalue weighted by atomic mass is 16.5. The number of hydrogen-bond acceptors (Lipinski definition) is 6. The van der Waals surface area contributed by atoms with Gasteiger partial charge in [0.15, 0.2) is 6.04 Å². The van der Waals surface area contributed by atoms with Crippen molar-refractivity contribution in [1.82, 2.24) is 4.90 Å². The van der Waals surface area contributed by atoms with Crippen molar-refractivity contribution in [3.63, 3.8) is 0 Å². The van der Waals surface area contributed by atoms with Crippen LogP contribution in [0.5, 0.6) is 0 Å². The Kier molecular flexibility index (Phi) is 6.40. The van der Waals surface area contributed by atoms with Gasteiger partial charge >= 0.3 is 11.9 Å². The second-order valence-electron chi connectivity index (χ2n) is 4.46. The molecule has 0 radical (unpaired) electrons. The van der Waals surface area contributed by atoms with E-state index in [2.05, 4.69) is 0 Å². The minimum Gasteiger partial charge on any atom is -0.480 e. The summed E-state index contributed by atoms with van der Waals surface area (Å²) in [7, 11) is 0. The van der Waals surface area contributed by atoms with Gasteiger partial charge in [0.25, 0.3) is 5.91 Å². The van der Waals surface area contributed by atoms with Gasteiger partial charge in [0.2, 0.25) is 0 Å². The van der Waals surface area contributed by atoms with E-state index in [1.807, 2.05) is 0 Å². The van der Waals surface area contributed by atoms with Crippen LogP contribution in [0, 0.1) is 0 Å². The van der Waals surface area contributed by atoms with Crippen molar-refractivity contribution in [2.75, 3.05) is 26.3 Å². The maximum atomic E-state index is 12.0. The smallest absolute Gasteiger partial charge is 0.332 e. The highest BCUT2D eigenvalue weighted by molar-refractivity contribution is 6.01. The van der Waals surface area contributed by atoms with E-state index in [0.717, 1.165) is 0 Å². The molecule has 1 heterocycles. The van der Waals surface area contributed by atoms with Crippen molar-refractivity contribution < 1.29 is 29.0 Å². The van der Waals surface area contributed by atoms with E-state index >= 15 is 0 Å². The fraction of sp³-hybridized carbons (Fsp3) is 0.750. The lowest BCUT2D eigenvalue weighted by molar-refractivity contribution is -0.153. The van der Waals surface area contributed by atoms with Crippen molar-refractivity contribution in [2.24, 2.45) is 5.73 Å². The Bertz CT molecular complexity index is 365. The lowest BCUT2D eigenvalue weighted by Gasteiger charge is -2.32. The van der Waals surface area contributed by atoms with Gasteiger partial charge in [0, 0.05) is 13.1 Å². The van der Waals surface area contributed by atoms with Gasteiger partial charge in [-0.15, -0.1) is 0 Å². The van der Waals surface area contributed by atoms with Crippen LogP contribution in [-0.2, 0) is 23.9 Å². The monoisotopic (exact) mass is 288 g/mol. The number of aliphatic carboxylic acids is 1. The molecule has 8 heteroatoms. The molecule has 1 amide bonds. The molecule has 1 saturated heterocycles. The molecule has 1 aliphatic heterocycles. The Morgan fingerprint density at radius 1 is 1.35 bits per heavy atom. The van der Waals surface area contributed by atoms with Crippen molar-refractivity contribution in [3.05, 3.63) is 0 Å². The summed E-state index contributed by atoms with van der Waals surface area (Å²) in [5.74, 6) is -2.23. The lowest BCUT2D eigenvalue weighted by Crippen LogP contribution is -2.52. The Labute approximate surface area is 116 Å². The van der Waals surface area contributed by atoms with Crippen LogP contribution in [0.4, 0.5) is 0 Å². The quantitative estimate of drug-likeness (QED) is 0.473. The molecule has 0 aliphatic carbocycles. The Hall–Kier alpha value is -1.67. The number of piperidine rings is 1. The van der Waals surface area contributed by atoms with Crippen LogP contribution in [0.3, 0.4) is 0 Å². The summed E-state index contributed by atoms with van der Waals surface area (Å²) in [6.45, 7) is 2.23. The number of hydrogen-bond donors (Lipinski definition) is 2. The number of carbonyl (C=O) groups is 3. The molecule has 0 saturated carbocycles. The predicted octanol–water partition coefficient (Wildman–Crippen LogP) is -1.03. The zero-order valence-corrected chi connectivity index (χ0v) is 11.4. The lowest BCUT2D eigenvalue weighted by atomic mass is 10.1. The zero-order chi connectivity index (χ0) is 15.1. The Morgan fingerprint density at radius 3 is 2.45 bits per heavy atom. The summed E-state index contributed by atoms with van der Waals surface area (Å²) in [5, 5.41) is 8.51. The summed E-state index contributed by atoms with van der Waals surface area (Å²) in [6.07, 6.45) is 0.859. The Balaban J connectivity index is 2.38. The number of ether oxygens (including phenoxy) is 2. The minimum atomic E-state index is -1.30. The fourth-order valence-electron chi connectivity index (χ4n) is 1.96. The average molecular weight is 288 g/mol. The largest absolute Gasteiger partial charge is 0.480 e. The van der Waals surface area contributed by atoms with Gasteiger partial charge in [-0.3, -0.25) is 4.79 Å². The normalized spacial score (nSPS) is 17.6. The zero-order valence-electron chi connectivity index (χ0n) is 11.4. The number of nitrogens with zero attached hydrogens (tertiary/aromatic N) is 1. The van der Waals surface area contributed by atoms with Crippen LogP contribution in [0.25, 0.3) is 0 Å². The molecular formula is C12H20N2O6. The van der Waals surface area contributed by atoms with E-state index in [1.165, 1.54) is 4.90 Å². The first-order chi connectivity index (χ1) is 9.45. The number of carboxylic acid groups (broad SMARTS) is 1. The van der Waals surface area contributed by atoms with Gasteiger partial charge in [0.05, 0.1) is 12.7 Å². The molecule has 114 valence electrons. The molecular weight excluding hydrogens is 268 g/mol. The maximum absolute atomic E-state index is 12.0. The number of nitrogens with two attached hydrogens (primary N) is 1. The molecule has 1 aliphatic rings. The van der Waals surface area contributed by atoms with Gasteiger partial charge in [-0.05, 0) is 19.8 Å². The van der Waals surface area contributed by atoms with Gasteiger partial charge in [-0.25, -0.2) is 9.59 Å². The Morgan fingerprint density at radius 2 is 1.95 bits per heavy atom. The predicted molar refractivity (Wildman–Crippen MR) is 67.8 cm³/mol. The molecule has 0 aromatic rings. The van der Waals surface area contributed by atoms with Gasteiger partial charge in [-0.2, -0.15) is 0 Å². The molecule has 0 aromatic carbocycles. The van der Waals surface area contributed by atoms with Gasteiger partial charge in [-0.1, -0.05) is 0 Å². The number of rotatable bonds is 6. The highest BCUT2D eigenvalue weighted by Crippen LogP contribution is 2.14.